The first kappa shape index (κ1) is 18.4. The number of carbonyl (C=O) groups is 2. The Balaban J connectivity index is 1.89. The molecule has 0 aliphatic carbocycles. The van der Waals surface area contributed by atoms with E-state index in [1.54, 1.807) is 42.5 Å². The lowest BCUT2D eigenvalue weighted by Gasteiger charge is -2.21. The third-order valence-corrected chi connectivity index (χ3v) is 6.62. The van der Waals surface area contributed by atoms with E-state index in [9.17, 15) is 18.0 Å². The molecule has 26 heavy (non-hydrogen) atoms. The van der Waals surface area contributed by atoms with Crippen LogP contribution in [0.1, 0.15) is 13.3 Å². The summed E-state index contributed by atoms with van der Waals surface area (Å²) in [7, 11) is -3.63. The normalized spacial score (nSPS) is 18.8. The van der Waals surface area contributed by atoms with Crippen LogP contribution in [0.25, 0.3) is 0 Å². The highest BCUT2D eigenvalue weighted by atomic mass is 35.5. The molecule has 1 heterocycles. The van der Waals surface area contributed by atoms with Crippen molar-refractivity contribution in [3.8, 4) is 0 Å². The Morgan fingerprint density at radius 1 is 1.19 bits per heavy atom. The van der Waals surface area contributed by atoms with Gasteiger partial charge in [0.15, 0.2) is 9.84 Å². The Morgan fingerprint density at radius 2 is 1.85 bits per heavy atom. The molecule has 1 atom stereocenters. The molecule has 0 spiro atoms. The third-order valence-electron chi connectivity index (χ3n) is 4.19. The highest BCUT2D eigenvalue weighted by Crippen LogP contribution is 2.33. The first-order valence-electron chi connectivity index (χ1n) is 7.98. The number of anilines is 2. The summed E-state index contributed by atoms with van der Waals surface area (Å²) in [6, 6.07) is 12.8. The maximum absolute atomic E-state index is 12.6. The van der Waals surface area contributed by atoms with Crippen molar-refractivity contribution in [1.82, 2.24) is 0 Å². The summed E-state index contributed by atoms with van der Waals surface area (Å²) in [5.41, 5.74) is 0.768. The number of para-hydroxylation sites is 1. The summed E-state index contributed by atoms with van der Waals surface area (Å²) < 4.78 is 25.3. The fraction of sp³-hybridized carbons (Fsp3) is 0.222. The first-order valence-corrected chi connectivity index (χ1v) is 9.90. The van der Waals surface area contributed by atoms with Crippen LogP contribution in [0.2, 0.25) is 5.02 Å². The van der Waals surface area contributed by atoms with Crippen molar-refractivity contribution < 1.29 is 18.0 Å². The van der Waals surface area contributed by atoms with E-state index in [4.69, 9.17) is 11.6 Å². The molecule has 3 rings (SSSR count). The van der Waals surface area contributed by atoms with Crippen molar-refractivity contribution in [1.29, 1.82) is 0 Å². The van der Waals surface area contributed by atoms with Crippen LogP contribution < -0.4 is 10.2 Å². The van der Waals surface area contributed by atoms with Crippen LogP contribution >= 0.6 is 11.6 Å². The predicted molar refractivity (Wildman–Crippen MR) is 100 cm³/mol. The standard InChI is InChI=1S/C18H17ClN2O4S/c1-12-10-18(23)21(15-4-2-3-5-16(15)26(12,24)25)11-17(22)20-14-8-6-13(19)7-9-14/h2-9,12H,10-11H2,1H3,(H,20,22)/t12-/m0/s1. The molecule has 136 valence electrons. The van der Waals surface area contributed by atoms with E-state index in [2.05, 4.69) is 5.32 Å². The SMILES string of the molecule is C[C@H]1CC(=O)N(CC(=O)Nc2ccc(Cl)cc2)c2ccccc2S1(=O)=O. The van der Waals surface area contributed by atoms with Crippen molar-refractivity contribution in [2.24, 2.45) is 0 Å². The molecule has 6 nitrogen and oxygen atoms in total. The van der Waals surface area contributed by atoms with Crippen LogP contribution in [-0.2, 0) is 19.4 Å². The van der Waals surface area contributed by atoms with Crippen LogP contribution in [0.5, 0.6) is 0 Å². The summed E-state index contributed by atoms with van der Waals surface area (Å²) in [5.74, 6) is -0.834. The van der Waals surface area contributed by atoms with Crippen molar-refractivity contribution >= 4 is 44.6 Å². The monoisotopic (exact) mass is 392 g/mol. The van der Waals surface area contributed by atoms with Gasteiger partial charge in [-0.15, -0.1) is 0 Å². The lowest BCUT2D eigenvalue weighted by Crippen LogP contribution is -2.38. The zero-order valence-corrected chi connectivity index (χ0v) is 15.5. The average Bonchev–Trinajstić information content (AvgIpc) is 2.67. The van der Waals surface area contributed by atoms with E-state index in [0.717, 1.165) is 0 Å². The van der Waals surface area contributed by atoms with Gasteiger partial charge in [-0.05, 0) is 43.3 Å². The highest BCUT2D eigenvalue weighted by Gasteiger charge is 2.36. The summed E-state index contributed by atoms with van der Waals surface area (Å²) in [5, 5.41) is 2.37. The predicted octanol–water partition coefficient (Wildman–Crippen LogP) is 2.88. The Morgan fingerprint density at radius 3 is 2.54 bits per heavy atom. The fourth-order valence-corrected chi connectivity index (χ4v) is 4.45. The van der Waals surface area contributed by atoms with Crippen LogP contribution in [-0.4, -0.2) is 32.0 Å². The molecule has 0 aromatic heterocycles. The summed E-state index contributed by atoms with van der Waals surface area (Å²) in [4.78, 5) is 26.3. The Bertz CT molecular complexity index is 957. The summed E-state index contributed by atoms with van der Waals surface area (Å²) in [6.45, 7) is 1.22. The molecule has 1 N–H and O–H groups in total. The van der Waals surface area contributed by atoms with E-state index >= 15 is 0 Å². The quantitative estimate of drug-likeness (QED) is 0.870. The molecule has 0 radical (unpaired) electrons. The van der Waals surface area contributed by atoms with Gasteiger partial charge in [0.25, 0.3) is 0 Å². The van der Waals surface area contributed by atoms with Crippen LogP contribution in [0.3, 0.4) is 0 Å². The number of hydrogen-bond donors (Lipinski definition) is 1. The lowest BCUT2D eigenvalue weighted by atomic mass is 10.2. The number of nitrogens with zero attached hydrogens (tertiary/aromatic N) is 1. The van der Waals surface area contributed by atoms with Crippen molar-refractivity contribution in [2.45, 2.75) is 23.5 Å². The number of halogens is 1. The second-order valence-electron chi connectivity index (χ2n) is 6.06. The van der Waals surface area contributed by atoms with Gasteiger partial charge in [-0.3, -0.25) is 9.59 Å². The zero-order valence-electron chi connectivity index (χ0n) is 14.0. The minimum atomic E-state index is -3.63. The van der Waals surface area contributed by atoms with Crippen molar-refractivity contribution in [2.75, 3.05) is 16.8 Å². The number of hydrogen-bond acceptors (Lipinski definition) is 4. The largest absolute Gasteiger partial charge is 0.325 e. The molecule has 2 amide bonds. The summed E-state index contributed by atoms with van der Waals surface area (Å²) >= 11 is 5.82. The van der Waals surface area contributed by atoms with E-state index in [1.807, 2.05) is 0 Å². The average molecular weight is 393 g/mol. The smallest absolute Gasteiger partial charge is 0.244 e. The van der Waals surface area contributed by atoms with Crippen molar-refractivity contribution in [3.63, 3.8) is 0 Å². The minimum Gasteiger partial charge on any atom is -0.325 e. The van der Waals surface area contributed by atoms with Crippen LogP contribution in [0, 0.1) is 0 Å². The Hall–Kier alpha value is -2.38. The molecule has 0 saturated heterocycles. The topological polar surface area (TPSA) is 83.6 Å². The maximum atomic E-state index is 12.6. The van der Waals surface area contributed by atoms with Crippen molar-refractivity contribution in [3.05, 3.63) is 53.6 Å². The van der Waals surface area contributed by atoms with E-state index in [1.165, 1.54) is 17.9 Å². The number of rotatable bonds is 3. The minimum absolute atomic E-state index is 0.0673. The molecule has 0 unspecified atom stereocenters. The van der Waals surface area contributed by atoms with E-state index in [-0.39, 0.29) is 23.5 Å². The molecule has 0 bridgehead atoms. The second-order valence-corrected chi connectivity index (χ2v) is 8.83. The molecule has 0 saturated carbocycles. The Kier molecular flexibility index (Phi) is 5.02. The van der Waals surface area contributed by atoms with Gasteiger partial charge in [0.1, 0.15) is 6.54 Å². The molecule has 8 heteroatoms. The van der Waals surface area contributed by atoms with E-state index < -0.39 is 26.9 Å². The second kappa shape index (κ2) is 7.09. The van der Waals surface area contributed by atoms with Gasteiger partial charge in [-0.25, -0.2) is 8.42 Å². The summed E-state index contributed by atoms with van der Waals surface area (Å²) in [6.07, 6.45) is -0.175. The van der Waals surface area contributed by atoms with Gasteiger partial charge in [0.2, 0.25) is 11.8 Å². The number of carbonyl (C=O) groups excluding carboxylic acids is 2. The molecule has 1 aliphatic heterocycles. The first-order chi connectivity index (χ1) is 12.3. The number of fused-ring (bicyclic) bond motifs is 1. The lowest BCUT2D eigenvalue weighted by molar-refractivity contribution is -0.121. The Labute approximate surface area is 156 Å². The fourth-order valence-electron chi connectivity index (χ4n) is 2.79. The number of amides is 2. The van der Waals surface area contributed by atoms with Crippen LogP contribution in [0.4, 0.5) is 11.4 Å². The van der Waals surface area contributed by atoms with Gasteiger partial charge in [-0.1, -0.05) is 23.7 Å². The number of nitrogens with one attached hydrogen (secondary N) is 1. The number of benzene rings is 2. The molecule has 1 aliphatic rings. The van der Waals surface area contributed by atoms with Gasteiger partial charge >= 0.3 is 0 Å². The van der Waals surface area contributed by atoms with Gasteiger partial charge in [-0.2, -0.15) is 0 Å². The van der Waals surface area contributed by atoms with Gasteiger partial charge in [0, 0.05) is 17.1 Å². The van der Waals surface area contributed by atoms with Gasteiger partial charge < -0.3 is 10.2 Å². The third kappa shape index (κ3) is 3.59. The molecule has 2 aromatic carbocycles. The molecule has 2 aromatic rings. The van der Waals surface area contributed by atoms with Gasteiger partial charge in [0.05, 0.1) is 15.8 Å². The highest BCUT2D eigenvalue weighted by molar-refractivity contribution is 7.92. The van der Waals surface area contributed by atoms with Crippen LogP contribution in [0.15, 0.2) is 53.4 Å². The molecular weight excluding hydrogens is 376 g/mol. The maximum Gasteiger partial charge on any atom is 0.244 e. The number of sulfone groups is 1. The molecular formula is C18H17ClN2O4S. The van der Waals surface area contributed by atoms with E-state index in [0.29, 0.717) is 10.7 Å². The zero-order chi connectivity index (χ0) is 18.9. The molecule has 0 fully saturated rings.